The molecule has 1 aliphatic carbocycles. The number of hydrogen-bond acceptors (Lipinski definition) is 3. The normalized spacial score (nSPS) is 18.6. The van der Waals surface area contributed by atoms with Crippen molar-refractivity contribution in [3.05, 3.63) is 0 Å². The first kappa shape index (κ1) is 17.2. The molecular weight excluding hydrogens is 256 g/mol. The van der Waals surface area contributed by atoms with Crippen molar-refractivity contribution in [1.29, 1.82) is 0 Å². The molecule has 0 saturated heterocycles. The second kappa shape index (κ2) is 10.00. The monoisotopic (exact) mass is 286 g/mol. The molecule has 0 radical (unpaired) electrons. The van der Waals surface area contributed by atoms with Gasteiger partial charge in [-0.3, -0.25) is 0 Å². The van der Waals surface area contributed by atoms with Crippen LogP contribution < -0.4 is 10.6 Å². The molecule has 0 aromatic heterocycles. The summed E-state index contributed by atoms with van der Waals surface area (Å²) in [5.74, 6) is 0.452. The molecule has 5 nitrogen and oxygen atoms in total. The maximum absolute atomic E-state index is 11.7. The molecule has 0 aromatic rings. The zero-order valence-electron chi connectivity index (χ0n) is 12.9. The molecule has 2 amide bonds. The molecule has 1 unspecified atom stereocenters. The average molecular weight is 286 g/mol. The molecule has 1 rings (SSSR count). The van der Waals surface area contributed by atoms with Crippen molar-refractivity contribution in [3.8, 4) is 0 Å². The van der Waals surface area contributed by atoms with Gasteiger partial charge in [-0.15, -0.1) is 0 Å². The lowest BCUT2D eigenvalue weighted by atomic mass is 10.1. The molecule has 0 bridgehead atoms. The molecule has 0 heterocycles. The van der Waals surface area contributed by atoms with E-state index in [1.54, 1.807) is 0 Å². The lowest BCUT2D eigenvalue weighted by molar-refractivity contribution is 0.0272. The fourth-order valence-electron chi connectivity index (χ4n) is 2.37. The largest absolute Gasteiger partial charge is 0.389 e. The van der Waals surface area contributed by atoms with Crippen molar-refractivity contribution in [2.75, 3.05) is 19.8 Å². The van der Waals surface area contributed by atoms with Crippen LogP contribution in [-0.2, 0) is 4.74 Å². The first-order chi connectivity index (χ1) is 9.58. The molecule has 1 fully saturated rings. The van der Waals surface area contributed by atoms with E-state index >= 15 is 0 Å². The Hall–Kier alpha value is -0.810. The Bertz CT molecular complexity index is 264. The van der Waals surface area contributed by atoms with Crippen molar-refractivity contribution >= 4 is 6.03 Å². The summed E-state index contributed by atoms with van der Waals surface area (Å²) in [5.41, 5.74) is 0. The van der Waals surface area contributed by atoms with Crippen molar-refractivity contribution in [2.45, 2.75) is 64.5 Å². The number of aliphatic hydroxyl groups is 1. The number of aliphatic hydroxyl groups excluding tert-OH is 1. The number of carbonyl (C=O) groups is 1. The number of ether oxygens (including phenoxy) is 1. The highest BCUT2D eigenvalue weighted by Gasteiger charge is 2.15. The number of nitrogens with one attached hydrogen (secondary N) is 2. The van der Waals surface area contributed by atoms with Crippen molar-refractivity contribution < 1.29 is 14.6 Å². The number of urea groups is 1. The number of amides is 2. The molecular formula is C15H30N2O3. The minimum atomic E-state index is -0.645. The van der Waals surface area contributed by atoms with Gasteiger partial charge in [-0.25, -0.2) is 4.79 Å². The molecule has 0 spiro atoms. The lowest BCUT2D eigenvalue weighted by Gasteiger charge is -2.18. The van der Waals surface area contributed by atoms with Gasteiger partial charge in [-0.05, 0) is 18.8 Å². The van der Waals surface area contributed by atoms with Crippen molar-refractivity contribution in [3.63, 3.8) is 0 Å². The van der Waals surface area contributed by atoms with E-state index in [-0.39, 0.29) is 25.2 Å². The summed E-state index contributed by atoms with van der Waals surface area (Å²) in [6.45, 7) is 5.25. The van der Waals surface area contributed by atoms with Gasteiger partial charge in [0.25, 0.3) is 0 Å². The number of hydrogen-bond donors (Lipinski definition) is 3. The Morgan fingerprint density at radius 1 is 1.20 bits per heavy atom. The Balaban J connectivity index is 2.09. The quantitative estimate of drug-likeness (QED) is 0.627. The van der Waals surface area contributed by atoms with E-state index in [1.807, 2.05) is 0 Å². The van der Waals surface area contributed by atoms with Crippen LogP contribution in [0.5, 0.6) is 0 Å². The molecule has 0 aliphatic heterocycles. The summed E-state index contributed by atoms with van der Waals surface area (Å²) in [6.07, 6.45) is 6.40. The van der Waals surface area contributed by atoms with Crippen LogP contribution in [-0.4, -0.2) is 43.0 Å². The maximum atomic E-state index is 11.7. The third kappa shape index (κ3) is 8.38. The van der Waals surface area contributed by atoms with Crippen LogP contribution in [0, 0.1) is 5.92 Å². The second-order valence-electron chi connectivity index (χ2n) is 6.13. The molecule has 5 heteroatoms. The van der Waals surface area contributed by atoms with Crippen molar-refractivity contribution in [1.82, 2.24) is 10.6 Å². The number of carbonyl (C=O) groups excluding carboxylic acids is 1. The Morgan fingerprint density at radius 3 is 2.45 bits per heavy atom. The van der Waals surface area contributed by atoms with Crippen LogP contribution >= 0.6 is 0 Å². The average Bonchev–Trinajstić information content (AvgIpc) is 2.64. The van der Waals surface area contributed by atoms with Crippen LogP contribution in [0.1, 0.15) is 52.4 Å². The van der Waals surface area contributed by atoms with Gasteiger partial charge in [-0.2, -0.15) is 0 Å². The van der Waals surface area contributed by atoms with Crippen LogP contribution in [0.4, 0.5) is 4.79 Å². The summed E-state index contributed by atoms with van der Waals surface area (Å²) in [7, 11) is 0. The predicted octanol–water partition coefficient (Wildman–Crippen LogP) is 2.04. The molecule has 1 aliphatic rings. The van der Waals surface area contributed by atoms with E-state index in [9.17, 15) is 9.90 Å². The summed E-state index contributed by atoms with van der Waals surface area (Å²) in [5, 5.41) is 15.4. The summed E-state index contributed by atoms with van der Waals surface area (Å²) in [4.78, 5) is 11.7. The summed E-state index contributed by atoms with van der Waals surface area (Å²) < 4.78 is 5.33. The third-order valence-corrected chi connectivity index (χ3v) is 3.45. The van der Waals surface area contributed by atoms with Gasteiger partial charge in [-0.1, -0.05) is 39.5 Å². The van der Waals surface area contributed by atoms with Gasteiger partial charge in [0.2, 0.25) is 0 Å². The van der Waals surface area contributed by atoms with Gasteiger partial charge in [0.05, 0.1) is 12.7 Å². The van der Waals surface area contributed by atoms with E-state index in [0.29, 0.717) is 12.5 Å². The van der Waals surface area contributed by atoms with E-state index < -0.39 is 6.10 Å². The molecule has 118 valence electrons. The van der Waals surface area contributed by atoms with Crippen LogP contribution in [0.3, 0.4) is 0 Å². The Morgan fingerprint density at radius 2 is 1.85 bits per heavy atom. The van der Waals surface area contributed by atoms with E-state index in [4.69, 9.17) is 4.74 Å². The van der Waals surface area contributed by atoms with Gasteiger partial charge in [0, 0.05) is 19.2 Å². The van der Waals surface area contributed by atoms with Crippen LogP contribution in [0.15, 0.2) is 0 Å². The second-order valence-corrected chi connectivity index (χ2v) is 6.13. The van der Waals surface area contributed by atoms with Gasteiger partial charge in [0.15, 0.2) is 0 Å². The lowest BCUT2D eigenvalue weighted by Crippen LogP contribution is -2.45. The van der Waals surface area contributed by atoms with Crippen LogP contribution in [0.25, 0.3) is 0 Å². The highest BCUT2D eigenvalue weighted by atomic mass is 16.5. The molecule has 20 heavy (non-hydrogen) atoms. The molecule has 1 atom stereocenters. The first-order valence-corrected chi connectivity index (χ1v) is 7.88. The molecule has 3 N–H and O–H groups in total. The summed E-state index contributed by atoms with van der Waals surface area (Å²) >= 11 is 0. The SMILES string of the molecule is CC(C)COCC(O)CNC(=O)NC1CCCCCC1. The highest BCUT2D eigenvalue weighted by Crippen LogP contribution is 2.16. The van der Waals surface area contributed by atoms with Gasteiger partial charge < -0.3 is 20.5 Å². The van der Waals surface area contributed by atoms with E-state index in [2.05, 4.69) is 24.5 Å². The standard InChI is InChI=1S/C15H30N2O3/c1-12(2)10-20-11-14(18)9-16-15(19)17-13-7-5-3-4-6-8-13/h12-14,18H,3-11H2,1-2H3,(H2,16,17,19). The third-order valence-electron chi connectivity index (χ3n) is 3.45. The summed E-state index contributed by atoms with van der Waals surface area (Å²) in [6, 6.07) is 0.103. The van der Waals surface area contributed by atoms with Gasteiger partial charge >= 0.3 is 6.03 Å². The smallest absolute Gasteiger partial charge is 0.315 e. The highest BCUT2D eigenvalue weighted by molar-refractivity contribution is 5.74. The fraction of sp³-hybridized carbons (Fsp3) is 0.933. The predicted molar refractivity (Wildman–Crippen MR) is 79.7 cm³/mol. The van der Waals surface area contributed by atoms with E-state index in [0.717, 1.165) is 12.8 Å². The van der Waals surface area contributed by atoms with Gasteiger partial charge in [0.1, 0.15) is 0 Å². The topological polar surface area (TPSA) is 70.6 Å². The Kier molecular flexibility index (Phi) is 8.62. The number of rotatable bonds is 7. The minimum absolute atomic E-state index is 0.181. The molecule has 0 aromatic carbocycles. The minimum Gasteiger partial charge on any atom is -0.389 e. The zero-order valence-corrected chi connectivity index (χ0v) is 12.9. The zero-order chi connectivity index (χ0) is 14.8. The van der Waals surface area contributed by atoms with Crippen LogP contribution in [0.2, 0.25) is 0 Å². The maximum Gasteiger partial charge on any atom is 0.315 e. The molecule has 1 saturated carbocycles. The van der Waals surface area contributed by atoms with Crippen molar-refractivity contribution in [2.24, 2.45) is 5.92 Å². The first-order valence-electron chi connectivity index (χ1n) is 7.88. The Labute approximate surface area is 122 Å². The van der Waals surface area contributed by atoms with E-state index in [1.165, 1.54) is 25.7 Å². The fourth-order valence-corrected chi connectivity index (χ4v) is 2.37.